The number of carbonyl (C=O) groups excluding carboxylic acids is 1. The Kier molecular flexibility index (Phi) is 5.22. The lowest BCUT2D eigenvalue weighted by atomic mass is 10.1. The maximum absolute atomic E-state index is 12.4. The van der Waals surface area contributed by atoms with Crippen molar-refractivity contribution in [3.63, 3.8) is 0 Å². The van der Waals surface area contributed by atoms with E-state index in [2.05, 4.69) is 10.3 Å². The number of nitrogens with one attached hydrogen (secondary N) is 2. The van der Waals surface area contributed by atoms with E-state index in [0.29, 0.717) is 17.8 Å². The third kappa shape index (κ3) is 4.03. The number of rotatable bonds is 6. The first-order chi connectivity index (χ1) is 12.5. The van der Waals surface area contributed by atoms with Gasteiger partial charge in [-0.3, -0.25) is 9.36 Å². The van der Waals surface area contributed by atoms with Gasteiger partial charge in [-0.15, -0.1) is 0 Å². The van der Waals surface area contributed by atoms with Crippen LogP contribution in [0.3, 0.4) is 0 Å². The summed E-state index contributed by atoms with van der Waals surface area (Å²) in [7, 11) is 0. The Hall–Kier alpha value is -3.28. The van der Waals surface area contributed by atoms with Crippen LogP contribution in [0, 0.1) is 6.92 Å². The highest BCUT2D eigenvalue weighted by Crippen LogP contribution is 2.13. The molecule has 3 aromatic rings. The van der Waals surface area contributed by atoms with E-state index in [4.69, 9.17) is 0 Å². The van der Waals surface area contributed by atoms with E-state index in [9.17, 15) is 14.7 Å². The van der Waals surface area contributed by atoms with E-state index in [1.54, 1.807) is 48.7 Å². The van der Waals surface area contributed by atoms with Crippen LogP contribution in [0.15, 0.2) is 59.5 Å². The maximum Gasteiger partial charge on any atom is 0.330 e. The fourth-order valence-electron chi connectivity index (χ4n) is 2.87. The molecule has 26 heavy (non-hydrogen) atoms. The molecule has 134 valence electrons. The van der Waals surface area contributed by atoms with Crippen LogP contribution < -0.4 is 11.0 Å². The van der Waals surface area contributed by atoms with Gasteiger partial charge in [0.2, 0.25) is 0 Å². The maximum atomic E-state index is 12.4. The fraction of sp³-hybridized carbons (Fsp3) is 0.200. The third-order valence-corrected chi connectivity index (χ3v) is 4.17. The average molecular weight is 351 g/mol. The summed E-state index contributed by atoms with van der Waals surface area (Å²) in [5.74, 6) is 0.0719. The molecular formula is C20H21N3O3. The summed E-state index contributed by atoms with van der Waals surface area (Å²) in [6.07, 6.45) is 3.17. The molecule has 0 bridgehead atoms. The monoisotopic (exact) mass is 351 g/mol. The quantitative estimate of drug-likeness (QED) is 0.597. The van der Waals surface area contributed by atoms with Crippen molar-refractivity contribution in [2.24, 2.45) is 0 Å². The minimum Gasteiger partial charge on any atom is -0.508 e. The van der Waals surface area contributed by atoms with Gasteiger partial charge >= 0.3 is 5.69 Å². The number of aryl methyl sites for hydroxylation is 2. The Morgan fingerprint density at radius 2 is 2.00 bits per heavy atom. The van der Waals surface area contributed by atoms with Crippen LogP contribution in [0.5, 0.6) is 5.75 Å². The predicted octanol–water partition coefficient (Wildman–Crippen LogP) is 2.54. The van der Waals surface area contributed by atoms with Gasteiger partial charge in [-0.1, -0.05) is 18.2 Å². The van der Waals surface area contributed by atoms with Gasteiger partial charge in [0, 0.05) is 24.0 Å². The number of nitrogens with zero attached hydrogens (tertiary/aromatic N) is 1. The summed E-state index contributed by atoms with van der Waals surface area (Å²) < 4.78 is 1.53. The molecule has 3 N–H and O–H groups in total. The highest BCUT2D eigenvalue weighted by atomic mass is 16.3. The van der Waals surface area contributed by atoms with Crippen molar-refractivity contribution < 1.29 is 9.90 Å². The number of aromatic hydroxyl groups is 1. The van der Waals surface area contributed by atoms with Gasteiger partial charge in [0.15, 0.2) is 0 Å². The molecule has 0 radical (unpaired) electrons. The molecule has 0 spiro atoms. The van der Waals surface area contributed by atoms with E-state index in [-0.39, 0.29) is 17.3 Å². The zero-order valence-corrected chi connectivity index (χ0v) is 14.5. The van der Waals surface area contributed by atoms with E-state index < -0.39 is 0 Å². The van der Waals surface area contributed by atoms with Crippen molar-refractivity contribution in [2.75, 3.05) is 6.54 Å². The number of benzene rings is 2. The lowest BCUT2D eigenvalue weighted by molar-refractivity contribution is 0.0953. The molecule has 0 unspecified atom stereocenters. The molecular weight excluding hydrogens is 330 g/mol. The number of hydrogen-bond acceptors (Lipinski definition) is 3. The number of imidazole rings is 1. The molecule has 0 aliphatic heterocycles. The summed E-state index contributed by atoms with van der Waals surface area (Å²) >= 11 is 0. The smallest absolute Gasteiger partial charge is 0.330 e. The lowest BCUT2D eigenvalue weighted by Gasteiger charge is -2.08. The number of phenols is 1. The summed E-state index contributed by atoms with van der Waals surface area (Å²) in [6, 6.07) is 14.1. The Bertz CT molecular complexity index is 972. The molecule has 0 saturated heterocycles. The zero-order valence-electron chi connectivity index (χ0n) is 14.5. The van der Waals surface area contributed by atoms with Crippen molar-refractivity contribution in [3.8, 4) is 11.4 Å². The van der Waals surface area contributed by atoms with Gasteiger partial charge in [-0.2, -0.15) is 0 Å². The second-order valence-electron chi connectivity index (χ2n) is 6.15. The van der Waals surface area contributed by atoms with E-state index in [1.807, 2.05) is 13.0 Å². The molecule has 0 fully saturated rings. The number of carbonyl (C=O) groups is 1. The first-order valence-corrected chi connectivity index (χ1v) is 8.48. The van der Waals surface area contributed by atoms with Crippen LogP contribution in [-0.4, -0.2) is 27.1 Å². The van der Waals surface area contributed by atoms with Gasteiger partial charge in [0.1, 0.15) is 5.75 Å². The average Bonchev–Trinajstić information content (AvgIpc) is 2.97. The highest BCUT2D eigenvalue weighted by Gasteiger charge is 2.09. The molecule has 6 nitrogen and oxygen atoms in total. The molecule has 0 atom stereocenters. The second kappa shape index (κ2) is 7.74. The zero-order chi connectivity index (χ0) is 18.5. The Balaban J connectivity index is 1.60. The molecule has 0 aliphatic carbocycles. The minimum absolute atomic E-state index is 0.177. The number of aromatic nitrogens is 2. The molecule has 0 saturated carbocycles. The molecule has 0 aliphatic rings. The van der Waals surface area contributed by atoms with E-state index >= 15 is 0 Å². The van der Waals surface area contributed by atoms with Gasteiger partial charge in [0.25, 0.3) is 5.91 Å². The SMILES string of the molecule is Cc1c[nH]c(=O)n1-c1cccc(C(=O)NCCCc2cccc(O)c2)c1. The lowest BCUT2D eigenvalue weighted by Crippen LogP contribution is -2.25. The molecule has 6 heteroatoms. The fourth-order valence-corrected chi connectivity index (χ4v) is 2.87. The van der Waals surface area contributed by atoms with E-state index in [0.717, 1.165) is 24.1 Å². The normalized spacial score (nSPS) is 10.7. The predicted molar refractivity (Wildman–Crippen MR) is 99.9 cm³/mol. The minimum atomic E-state index is -0.230. The third-order valence-electron chi connectivity index (χ3n) is 4.17. The van der Waals surface area contributed by atoms with Gasteiger partial charge < -0.3 is 15.4 Å². The Morgan fingerprint density at radius 1 is 1.19 bits per heavy atom. The Morgan fingerprint density at radius 3 is 2.73 bits per heavy atom. The van der Waals surface area contributed by atoms with Crippen molar-refractivity contribution in [3.05, 3.63) is 82.0 Å². The molecule has 1 heterocycles. The summed E-state index contributed by atoms with van der Waals surface area (Å²) in [5.41, 5.74) is 2.74. The number of phenolic OH excluding ortho intramolecular Hbond substituents is 1. The molecule has 2 aromatic carbocycles. The number of hydrogen-bond donors (Lipinski definition) is 3. The van der Waals surface area contributed by atoms with Crippen molar-refractivity contribution in [1.82, 2.24) is 14.9 Å². The van der Waals surface area contributed by atoms with Crippen LogP contribution in [0.2, 0.25) is 0 Å². The number of H-pyrrole nitrogens is 1. The van der Waals surface area contributed by atoms with Crippen molar-refractivity contribution in [2.45, 2.75) is 19.8 Å². The standard InChI is InChI=1S/C20H21N3O3/c1-14-13-22-20(26)23(14)17-8-3-7-16(12-17)19(25)21-10-4-6-15-5-2-9-18(24)11-15/h2-3,5,7-9,11-13,24H,4,6,10H2,1H3,(H,21,25)(H,22,26). The first kappa shape index (κ1) is 17.5. The number of amides is 1. The van der Waals surface area contributed by atoms with Crippen LogP contribution in [-0.2, 0) is 6.42 Å². The summed E-state index contributed by atoms with van der Waals surface area (Å²) in [4.78, 5) is 26.9. The van der Waals surface area contributed by atoms with E-state index in [1.165, 1.54) is 4.57 Å². The van der Waals surface area contributed by atoms with Crippen LogP contribution in [0.25, 0.3) is 5.69 Å². The largest absolute Gasteiger partial charge is 0.508 e. The Labute approximate surface area is 151 Å². The number of aromatic amines is 1. The van der Waals surface area contributed by atoms with Crippen LogP contribution in [0.1, 0.15) is 28.0 Å². The highest BCUT2D eigenvalue weighted by molar-refractivity contribution is 5.94. The van der Waals surface area contributed by atoms with Gasteiger partial charge in [-0.05, 0) is 55.7 Å². The molecule has 1 amide bonds. The molecule has 1 aromatic heterocycles. The molecule has 3 rings (SSSR count). The van der Waals surface area contributed by atoms with Crippen LogP contribution >= 0.6 is 0 Å². The first-order valence-electron chi connectivity index (χ1n) is 8.48. The summed E-state index contributed by atoms with van der Waals surface area (Å²) in [5, 5.41) is 12.3. The van der Waals surface area contributed by atoms with Crippen LogP contribution in [0.4, 0.5) is 0 Å². The van der Waals surface area contributed by atoms with Gasteiger partial charge in [-0.25, -0.2) is 4.79 Å². The van der Waals surface area contributed by atoms with Gasteiger partial charge in [0.05, 0.1) is 5.69 Å². The summed E-state index contributed by atoms with van der Waals surface area (Å²) in [6.45, 7) is 2.36. The van der Waals surface area contributed by atoms with Crippen molar-refractivity contribution in [1.29, 1.82) is 0 Å². The topological polar surface area (TPSA) is 87.1 Å². The second-order valence-corrected chi connectivity index (χ2v) is 6.15. The van der Waals surface area contributed by atoms with Crippen molar-refractivity contribution >= 4 is 5.91 Å².